The summed E-state index contributed by atoms with van der Waals surface area (Å²) in [5.74, 6) is -0.0923. The van der Waals surface area contributed by atoms with E-state index in [1.807, 2.05) is 0 Å². The van der Waals surface area contributed by atoms with Gasteiger partial charge in [-0.15, -0.1) is 0 Å². The zero-order chi connectivity index (χ0) is 14.0. The monoisotopic (exact) mass is 271 g/mol. The van der Waals surface area contributed by atoms with E-state index < -0.39 is 5.79 Å². The maximum absolute atomic E-state index is 6.08. The van der Waals surface area contributed by atoms with Gasteiger partial charge in [-0.05, 0) is 6.08 Å². The fourth-order valence-electron chi connectivity index (χ4n) is 1.88. The van der Waals surface area contributed by atoms with E-state index in [4.69, 9.17) is 16.0 Å². The van der Waals surface area contributed by atoms with Crippen LogP contribution < -0.4 is 16.8 Å². The van der Waals surface area contributed by atoms with Crippen LogP contribution in [0.15, 0.2) is 46.4 Å². The van der Waals surface area contributed by atoms with Crippen LogP contribution in [-0.4, -0.2) is 26.7 Å². The van der Waals surface area contributed by atoms with E-state index in [0.29, 0.717) is 29.4 Å². The number of aromatic nitrogens is 3. The van der Waals surface area contributed by atoms with Crippen molar-refractivity contribution in [3.8, 4) is 11.4 Å². The van der Waals surface area contributed by atoms with Crippen molar-refractivity contribution in [2.75, 3.05) is 0 Å². The Morgan fingerprint density at radius 3 is 2.95 bits per heavy atom. The minimum Gasteiger partial charge on any atom is -0.384 e. The largest absolute Gasteiger partial charge is 0.384 e. The molecule has 0 saturated carbocycles. The first-order chi connectivity index (χ1) is 9.65. The van der Waals surface area contributed by atoms with Gasteiger partial charge in [0.1, 0.15) is 23.0 Å². The molecular weight excluding hydrogens is 258 g/mol. The lowest BCUT2D eigenvalue weighted by atomic mass is 10.1. The van der Waals surface area contributed by atoms with Crippen LogP contribution in [0.3, 0.4) is 0 Å². The fraction of sp³-hybridized carbons (Fsp3) is 0.167. The molecule has 2 aromatic rings. The van der Waals surface area contributed by atoms with Crippen LogP contribution in [0.5, 0.6) is 0 Å². The Balaban J connectivity index is 1.80. The molecule has 0 amide bonds. The van der Waals surface area contributed by atoms with Crippen LogP contribution in [0, 0.1) is 0 Å². The van der Waals surface area contributed by atoms with Gasteiger partial charge in [-0.2, -0.15) is 0 Å². The van der Waals surface area contributed by atoms with Crippen LogP contribution >= 0.6 is 0 Å². The van der Waals surface area contributed by atoms with E-state index in [2.05, 4.69) is 25.4 Å². The molecule has 0 aromatic carbocycles. The molecule has 8 nitrogen and oxygen atoms in total. The Bertz CT molecular complexity index is 663. The third-order valence-corrected chi connectivity index (χ3v) is 2.74. The standard InChI is InChI=1S/C12H13N7O/c13-11-1-2-17-12(14,18-11)6-8-5-9(19-20-8)10-7-15-3-4-16-10/h1-5,7,17H,6,14H2,(H2,13,18). The molecule has 0 bridgehead atoms. The predicted molar refractivity (Wildman–Crippen MR) is 72.0 cm³/mol. The van der Waals surface area contributed by atoms with Gasteiger partial charge in [0, 0.05) is 24.7 Å². The Hall–Kier alpha value is -2.74. The average molecular weight is 271 g/mol. The van der Waals surface area contributed by atoms with Gasteiger partial charge in [-0.25, -0.2) is 4.99 Å². The van der Waals surface area contributed by atoms with Crippen molar-refractivity contribution >= 4 is 5.84 Å². The second kappa shape index (κ2) is 4.74. The van der Waals surface area contributed by atoms with E-state index >= 15 is 0 Å². The van der Waals surface area contributed by atoms with Gasteiger partial charge >= 0.3 is 0 Å². The van der Waals surface area contributed by atoms with Crippen molar-refractivity contribution in [2.45, 2.75) is 12.2 Å². The molecule has 0 fully saturated rings. The highest BCUT2D eigenvalue weighted by Gasteiger charge is 2.27. The minimum absolute atomic E-state index is 0.311. The van der Waals surface area contributed by atoms with Crippen molar-refractivity contribution in [3.05, 3.63) is 42.7 Å². The van der Waals surface area contributed by atoms with Crippen molar-refractivity contribution in [3.63, 3.8) is 0 Å². The highest BCUT2D eigenvalue weighted by atomic mass is 16.5. The third kappa shape index (κ3) is 2.50. The summed E-state index contributed by atoms with van der Waals surface area (Å²) in [5.41, 5.74) is 13.0. The van der Waals surface area contributed by atoms with E-state index in [1.165, 1.54) is 0 Å². The smallest absolute Gasteiger partial charge is 0.191 e. The predicted octanol–water partition coefficient (Wildman–Crippen LogP) is -0.239. The summed E-state index contributed by atoms with van der Waals surface area (Å²) in [6.07, 6.45) is 8.39. The molecule has 20 heavy (non-hydrogen) atoms. The quantitative estimate of drug-likeness (QED) is 0.702. The maximum atomic E-state index is 6.08. The molecule has 0 spiro atoms. The lowest BCUT2D eigenvalue weighted by Gasteiger charge is -2.27. The molecule has 3 heterocycles. The van der Waals surface area contributed by atoms with Gasteiger partial charge in [0.2, 0.25) is 0 Å². The average Bonchev–Trinajstić information content (AvgIpc) is 2.87. The van der Waals surface area contributed by atoms with Crippen molar-refractivity contribution in [1.29, 1.82) is 0 Å². The normalized spacial score (nSPS) is 21.4. The molecule has 1 aliphatic rings. The maximum Gasteiger partial charge on any atom is 0.191 e. The molecule has 0 saturated heterocycles. The molecule has 5 N–H and O–H groups in total. The number of amidine groups is 1. The summed E-state index contributed by atoms with van der Waals surface area (Å²) in [4.78, 5) is 12.3. The van der Waals surface area contributed by atoms with Crippen LogP contribution in [0.1, 0.15) is 5.76 Å². The lowest BCUT2D eigenvalue weighted by Crippen LogP contribution is -2.54. The number of nitrogens with zero attached hydrogens (tertiary/aromatic N) is 4. The van der Waals surface area contributed by atoms with Crippen LogP contribution in [0.2, 0.25) is 0 Å². The fourth-order valence-corrected chi connectivity index (χ4v) is 1.88. The lowest BCUT2D eigenvalue weighted by molar-refractivity contribution is 0.318. The summed E-state index contributed by atoms with van der Waals surface area (Å²) < 4.78 is 5.25. The number of nitrogens with one attached hydrogen (secondary N) is 1. The number of nitrogens with two attached hydrogens (primary N) is 2. The zero-order valence-electron chi connectivity index (χ0n) is 10.5. The Labute approximate surface area is 114 Å². The third-order valence-electron chi connectivity index (χ3n) is 2.74. The second-order valence-corrected chi connectivity index (χ2v) is 4.38. The second-order valence-electron chi connectivity index (χ2n) is 4.38. The molecule has 1 unspecified atom stereocenters. The first kappa shape index (κ1) is 12.3. The van der Waals surface area contributed by atoms with Gasteiger partial charge in [-0.3, -0.25) is 15.7 Å². The Kier molecular flexibility index (Phi) is 2.92. The summed E-state index contributed by atoms with van der Waals surface area (Å²) in [5, 5.41) is 6.88. The van der Waals surface area contributed by atoms with Gasteiger partial charge in [0.05, 0.1) is 12.6 Å². The Morgan fingerprint density at radius 2 is 2.20 bits per heavy atom. The molecule has 102 valence electrons. The molecule has 3 rings (SSSR count). The van der Waals surface area contributed by atoms with Gasteiger partial charge in [-0.1, -0.05) is 5.16 Å². The highest BCUT2D eigenvalue weighted by molar-refractivity contribution is 5.92. The van der Waals surface area contributed by atoms with Gasteiger partial charge in [0.15, 0.2) is 5.79 Å². The van der Waals surface area contributed by atoms with E-state index in [1.54, 1.807) is 36.9 Å². The molecule has 1 aliphatic heterocycles. The van der Waals surface area contributed by atoms with Crippen LogP contribution in [0.25, 0.3) is 11.4 Å². The highest BCUT2D eigenvalue weighted by Crippen LogP contribution is 2.19. The number of hydrogen-bond acceptors (Lipinski definition) is 8. The number of rotatable bonds is 3. The van der Waals surface area contributed by atoms with E-state index in [9.17, 15) is 0 Å². The number of aliphatic imine (C=N–C) groups is 1. The van der Waals surface area contributed by atoms with E-state index in [-0.39, 0.29) is 0 Å². The molecule has 0 aliphatic carbocycles. The zero-order valence-corrected chi connectivity index (χ0v) is 10.5. The van der Waals surface area contributed by atoms with Crippen molar-refractivity contribution in [1.82, 2.24) is 20.4 Å². The summed E-state index contributed by atoms with van der Waals surface area (Å²) in [6, 6.07) is 1.75. The Morgan fingerprint density at radius 1 is 1.30 bits per heavy atom. The van der Waals surface area contributed by atoms with E-state index in [0.717, 1.165) is 0 Å². The molecular formula is C12H13N7O. The van der Waals surface area contributed by atoms with Crippen LogP contribution in [-0.2, 0) is 6.42 Å². The van der Waals surface area contributed by atoms with Gasteiger partial charge < -0.3 is 15.6 Å². The van der Waals surface area contributed by atoms with Crippen molar-refractivity contribution < 1.29 is 4.52 Å². The van der Waals surface area contributed by atoms with Crippen LogP contribution in [0.4, 0.5) is 0 Å². The number of hydrogen-bond donors (Lipinski definition) is 3. The SMILES string of the molecule is NC1=NC(N)(Cc2cc(-c3cnccn3)no2)NC=C1. The van der Waals surface area contributed by atoms with Crippen molar-refractivity contribution in [2.24, 2.45) is 16.5 Å². The first-order valence-corrected chi connectivity index (χ1v) is 5.95. The topological polar surface area (TPSA) is 128 Å². The minimum atomic E-state index is -1.03. The molecule has 8 heteroatoms. The summed E-state index contributed by atoms with van der Waals surface area (Å²) >= 11 is 0. The van der Waals surface area contributed by atoms with Gasteiger partial charge in [0.25, 0.3) is 0 Å². The summed E-state index contributed by atoms with van der Waals surface area (Å²) in [7, 11) is 0. The molecule has 0 radical (unpaired) electrons. The molecule has 1 atom stereocenters. The first-order valence-electron chi connectivity index (χ1n) is 5.95. The molecule has 2 aromatic heterocycles. The summed E-state index contributed by atoms with van der Waals surface area (Å²) in [6.45, 7) is 0.